The summed E-state index contributed by atoms with van der Waals surface area (Å²) >= 11 is 1.73. The van der Waals surface area contributed by atoms with Crippen LogP contribution in [-0.2, 0) is 11.2 Å². The molecule has 0 saturated heterocycles. The highest BCUT2D eigenvalue weighted by molar-refractivity contribution is 7.09. The number of thiophene rings is 1. The summed E-state index contributed by atoms with van der Waals surface area (Å²) in [6.07, 6.45) is 0.926. The molecule has 0 spiro atoms. The summed E-state index contributed by atoms with van der Waals surface area (Å²) < 4.78 is 0. The van der Waals surface area contributed by atoms with Gasteiger partial charge in [0.25, 0.3) is 0 Å². The molecule has 0 aliphatic carbocycles. The van der Waals surface area contributed by atoms with Crippen LogP contribution in [0.5, 0.6) is 0 Å². The second kappa shape index (κ2) is 8.56. The molecule has 5 heteroatoms. The van der Waals surface area contributed by atoms with E-state index in [1.165, 1.54) is 4.88 Å². The number of halogens is 1. The molecular weight excluding hydrogens is 244 g/mol. The maximum Gasteiger partial charge on any atom is 0.224 e. The number of amides is 1. The predicted octanol–water partition coefficient (Wildman–Crippen LogP) is 1.68. The van der Waals surface area contributed by atoms with Gasteiger partial charge in [-0.15, -0.1) is 23.7 Å². The van der Waals surface area contributed by atoms with E-state index in [-0.39, 0.29) is 24.2 Å². The number of hydrogen-bond acceptors (Lipinski definition) is 3. The lowest BCUT2D eigenvalue weighted by Crippen LogP contribution is -2.35. The van der Waals surface area contributed by atoms with Crippen molar-refractivity contribution in [2.75, 3.05) is 20.1 Å². The van der Waals surface area contributed by atoms with E-state index in [2.05, 4.69) is 22.1 Å². The standard InChI is InChI=1S/C11H18N2OS.ClH/c1-9(8-12-2)11(14)13-6-5-10-4-3-7-15-10;/h3-4,7,9,12H,5-6,8H2,1-2H3,(H,13,14);1H. The molecule has 0 aliphatic heterocycles. The molecule has 1 heterocycles. The number of carbonyl (C=O) groups is 1. The zero-order valence-corrected chi connectivity index (χ0v) is 11.3. The fraction of sp³-hybridized carbons (Fsp3) is 0.545. The van der Waals surface area contributed by atoms with Gasteiger partial charge in [-0.25, -0.2) is 0 Å². The minimum Gasteiger partial charge on any atom is -0.355 e. The third-order valence-electron chi connectivity index (χ3n) is 2.21. The largest absolute Gasteiger partial charge is 0.355 e. The van der Waals surface area contributed by atoms with Crippen LogP contribution < -0.4 is 10.6 Å². The summed E-state index contributed by atoms with van der Waals surface area (Å²) in [7, 11) is 1.86. The van der Waals surface area contributed by atoms with Gasteiger partial charge in [0.05, 0.1) is 0 Å². The van der Waals surface area contributed by atoms with Gasteiger partial charge in [-0.3, -0.25) is 4.79 Å². The van der Waals surface area contributed by atoms with Crippen molar-refractivity contribution in [2.24, 2.45) is 5.92 Å². The van der Waals surface area contributed by atoms with Crippen LogP contribution in [0.3, 0.4) is 0 Å². The van der Waals surface area contributed by atoms with Crippen molar-refractivity contribution in [2.45, 2.75) is 13.3 Å². The fourth-order valence-corrected chi connectivity index (χ4v) is 2.05. The molecule has 1 atom stereocenters. The van der Waals surface area contributed by atoms with Crippen molar-refractivity contribution in [3.8, 4) is 0 Å². The molecule has 0 fully saturated rings. The summed E-state index contributed by atoms with van der Waals surface area (Å²) in [5.41, 5.74) is 0. The molecule has 0 saturated carbocycles. The Balaban J connectivity index is 0.00000225. The quantitative estimate of drug-likeness (QED) is 0.819. The van der Waals surface area contributed by atoms with Crippen LogP contribution >= 0.6 is 23.7 Å². The first-order valence-electron chi connectivity index (χ1n) is 5.18. The molecule has 92 valence electrons. The lowest BCUT2D eigenvalue weighted by Gasteiger charge is -2.10. The van der Waals surface area contributed by atoms with Crippen molar-refractivity contribution in [1.29, 1.82) is 0 Å². The zero-order valence-electron chi connectivity index (χ0n) is 9.66. The molecule has 1 aromatic heterocycles. The normalized spacial score (nSPS) is 11.6. The van der Waals surface area contributed by atoms with Crippen LogP contribution in [0.2, 0.25) is 0 Å². The van der Waals surface area contributed by atoms with Gasteiger partial charge in [0, 0.05) is 23.9 Å². The molecule has 0 aliphatic rings. The lowest BCUT2D eigenvalue weighted by molar-refractivity contribution is -0.124. The van der Waals surface area contributed by atoms with E-state index in [4.69, 9.17) is 0 Å². The smallest absolute Gasteiger partial charge is 0.224 e. The zero-order chi connectivity index (χ0) is 11.1. The van der Waals surface area contributed by atoms with Crippen LogP contribution in [0.4, 0.5) is 0 Å². The van der Waals surface area contributed by atoms with Crippen molar-refractivity contribution in [1.82, 2.24) is 10.6 Å². The Labute approximate surface area is 107 Å². The molecule has 3 nitrogen and oxygen atoms in total. The van der Waals surface area contributed by atoms with E-state index in [0.717, 1.165) is 19.5 Å². The maximum atomic E-state index is 11.5. The van der Waals surface area contributed by atoms with Crippen molar-refractivity contribution in [3.05, 3.63) is 22.4 Å². The third-order valence-corrected chi connectivity index (χ3v) is 3.14. The second-order valence-corrected chi connectivity index (χ2v) is 4.61. The minimum atomic E-state index is 0. The second-order valence-electron chi connectivity index (χ2n) is 3.58. The first-order valence-corrected chi connectivity index (χ1v) is 6.06. The summed E-state index contributed by atoms with van der Waals surface area (Å²) in [5.74, 6) is 0.166. The van der Waals surface area contributed by atoms with Crippen LogP contribution in [0, 0.1) is 5.92 Å². The van der Waals surface area contributed by atoms with Gasteiger partial charge in [0.2, 0.25) is 5.91 Å². The Bertz CT molecular complexity index is 290. The average Bonchev–Trinajstić information content (AvgIpc) is 2.71. The van der Waals surface area contributed by atoms with Gasteiger partial charge >= 0.3 is 0 Å². The Kier molecular flexibility index (Phi) is 8.25. The Morgan fingerprint density at radius 1 is 1.56 bits per heavy atom. The Morgan fingerprint density at radius 3 is 2.88 bits per heavy atom. The van der Waals surface area contributed by atoms with E-state index in [9.17, 15) is 4.79 Å². The number of carbonyl (C=O) groups excluding carboxylic acids is 1. The van der Waals surface area contributed by atoms with E-state index < -0.39 is 0 Å². The monoisotopic (exact) mass is 262 g/mol. The summed E-state index contributed by atoms with van der Waals surface area (Å²) in [6, 6.07) is 4.12. The molecule has 16 heavy (non-hydrogen) atoms. The highest BCUT2D eigenvalue weighted by atomic mass is 35.5. The molecule has 1 rings (SSSR count). The minimum absolute atomic E-state index is 0. The number of hydrogen-bond donors (Lipinski definition) is 2. The summed E-state index contributed by atoms with van der Waals surface area (Å²) in [4.78, 5) is 12.8. The molecule has 0 bridgehead atoms. The van der Waals surface area contributed by atoms with Gasteiger partial charge in [-0.2, -0.15) is 0 Å². The Morgan fingerprint density at radius 2 is 2.31 bits per heavy atom. The van der Waals surface area contributed by atoms with Gasteiger partial charge in [0.1, 0.15) is 0 Å². The van der Waals surface area contributed by atoms with Crippen LogP contribution in [-0.4, -0.2) is 26.0 Å². The van der Waals surface area contributed by atoms with E-state index >= 15 is 0 Å². The summed E-state index contributed by atoms with van der Waals surface area (Å²) in [5, 5.41) is 7.98. The molecule has 1 aromatic rings. The van der Waals surface area contributed by atoms with E-state index in [0.29, 0.717) is 0 Å². The molecule has 1 amide bonds. The van der Waals surface area contributed by atoms with Gasteiger partial charge in [-0.05, 0) is 24.9 Å². The number of rotatable bonds is 6. The molecule has 0 aromatic carbocycles. The van der Waals surface area contributed by atoms with Crippen LogP contribution in [0.1, 0.15) is 11.8 Å². The first kappa shape index (κ1) is 15.4. The first-order chi connectivity index (χ1) is 7.24. The third kappa shape index (κ3) is 5.49. The molecule has 0 radical (unpaired) electrons. The fourth-order valence-electron chi connectivity index (χ4n) is 1.34. The van der Waals surface area contributed by atoms with Gasteiger partial charge in [-0.1, -0.05) is 13.0 Å². The topological polar surface area (TPSA) is 41.1 Å². The van der Waals surface area contributed by atoms with E-state index in [1.807, 2.05) is 20.0 Å². The van der Waals surface area contributed by atoms with Crippen molar-refractivity contribution >= 4 is 29.7 Å². The van der Waals surface area contributed by atoms with E-state index in [1.54, 1.807) is 11.3 Å². The highest BCUT2D eigenvalue weighted by Crippen LogP contribution is 2.08. The number of nitrogens with one attached hydrogen (secondary N) is 2. The molecule has 2 N–H and O–H groups in total. The summed E-state index contributed by atoms with van der Waals surface area (Å²) in [6.45, 7) is 3.38. The van der Waals surface area contributed by atoms with Crippen molar-refractivity contribution < 1.29 is 4.79 Å². The van der Waals surface area contributed by atoms with Gasteiger partial charge < -0.3 is 10.6 Å². The van der Waals surface area contributed by atoms with Gasteiger partial charge in [0.15, 0.2) is 0 Å². The average molecular weight is 263 g/mol. The Hall–Kier alpha value is -0.580. The lowest BCUT2D eigenvalue weighted by atomic mass is 10.1. The maximum absolute atomic E-state index is 11.5. The molecule has 1 unspecified atom stereocenters. The predicted molar refractivity (Wildman–Crippen MR) is 71.4 cm³/mol. The van der Waals surface area contributed by atoms with Crippen LogP contribution in [0.25, 0.3) is 0 Å². The highest BCUT2D eigenvalue weighted by Gasteiger charge is 2.10. The van der Waals surface area contributed by atoms with Crippen LogP contribution in [0.15, 0.2) is 17.5 Å². The van der Waals surface area contributed by atoms with Crippen molar-refractivity contribution in [3.63, 3.8) is 0 Å². The SMILES string of the molecule is CNCC(C)C(=O)NCCc1cccs1.Cl. The molecular formula is C11H19ClN2OS.